The Balaban J connectivity index is 1.93. The predicted octanol–water partition coefficient (Wildman–Crippen LogP) is 1.93. The summed E-state index contributed by atoms with van der Waals surface area (Å²) in [5.41, 5.74) is 5.67. The van der Waals surface area contributed by atoms with Gasteiger partial charge in [-0.3, -0.25) is 0 Å². The van der Waals surface area contributed by atoms with E-state index in [-0.39, 0.29) is 12.1 Å². The SMILES string of the molecule is CC(N)C(C)OCCC1CCC1. The van der Waals surface area contributed by atoms with Gasteiger partial charge in [-0.1, -0.05) is 19.3 Å². The zero-order valence-corrected chi connectivity index (χ0v) is 8.25. The first-order valence-electron chi connectivity index (χ1n) is 5.07. The van der Waals surface area contributed by atoms with E-state index in [2.05, 4.69) is 0 Å². The van der Waals surface area contributed by atoms with Crippen molar-refractivity contribution in [1.29, 1.82) is 0 Å². The van der Waals surface area contributed by atoms with Crippen molar-refractivity contribution < 1.29 is 4.74 Å². The molecule has 0 aromatic carbocycles. The lowest BCUT2D eigenvalue weighted by molar-refractivity contribution is 0.0372. The van der Waals surface area contributed by atoms with Crippen LogP contribution in [0.15, 0.2) is 0 Å². The van der Waals surface area contributed by atoms with Crippen LogP contribution in [-0.4, -0.2) is 18.8 Å². The van der Waals surface area contributed by atoms with Crippen molar-refractivity contribution >= 4 is 0 Å². The van der Waals surface area contributed by atoms with Crippen LogP contribution in [-0.2, 0) is 4.74 Å². The molecule has 2 unspecified atom stereocenters. The second-order valence-electron chi connectivity index (χ2n) is 4.02. The van der Waals surface area contributed by atoms with Crippen LogP contribution in [0.25, 0.3) is 0 Å². The van der Waals surface area contributed by atoms with Gasteiger partial charge >= 0.3 is 0 Å². The van der Waals surface area contributed by atoms with Crippen molar-refractivity contribution in [2.75, 3.05) is 6.61 Å². The van der Waals surface area contributed by atoms with Gasteiger partial charge in [0.1, 0.15) is 0 Å². The smallest absolute Gasteiger partial charge is 0.0695 e. The van der Waals surface area contributed by atoms with Gasteiger partial charge in [-0.25, -0.2) is 0 Å². The Bertz CT molecular complexity index is 121. The molecule has 1 aliphatic rings. The number of nitrogens with two attached hydrogens (primary N) is 1. The summed E-state index contributed by atoms with van der Waals surface area (Å²) in [4.78, 5) is 0. The molecule has 0 heterocycles. The third-order valence-electron chi connectivity index (χ3n) is 2.87. The number of hydrogen-bond acceptors (Lipinski definition) is 2. The lowest BCUT2D eigenvalue weighted by Crippen LogP contribution is -2.32. The summed E-state index contributed by atoms with van der Waals surface area (Å²) in [6, 6.07) is 0.159. The molecule has 0 amide bonds. The van der Waals surface area contributed by atoms with E-state index in [1.165, 1.54) is 25.7 Å². The Morgan fingerprint density at radius 2 is 2.08 bits per heavy atom. The molecule has 2 nitrogen and oxygen atoms in total. The number of hydrogen-bond donors (Lipinski definition) is 1. The van der Waals surface area contributed by atoms with Crippen LogP contribution in [0.2, 0.25) is 0 Å². The second-order valence-corrected chi connectivity index (χ2v) is 4.02. The highest BCUT2D eigenvalue weighted by atomic mass is 16.5. The standard InChI is InChI=1S/C10H21NO/c1-8(11)9(2)12-7-6-10-4-3-5-10/h8-10H,3-7,11H2,1-2H3. The molecule has 1 rings (SSSR count). The fourth-order valence-corrected chi connectivity index (χ4v) is 1.35. The number of ether oxygens (including phenoxy) is 1. The van der Waals surface area contributed by atoms with E-state index in [1.807, 2.05) is 13.8 Å². The van der Waals surface area contributed by atoms with E-state index in [0.29, 0.717) is 0 Å². The van der Waals surface area contributed by atoms with Crippen molar-refractivity contribution in [2.24, 2.45) is 11.7 Å². The first kappa shape index (κ1) is 10.0. The minimum atomic E-state index is 0.159. The molecule has 0 radical (unpaired) electrons. The zero-order valence-electron chi connectivity index (χ0n) is 8.25. The van der Waals surface area contributed by atoms with Gasteiger partial charge < -0.3 is 10.5 Å². The van der Waals surface area contributed by atoms with Crippen molar-refractivity contribution in [3.63, 3.8) is 0 Å². The van der Waals surface area contributed by atoms with Gasteiger partial charge in [0.25, 0.3) is 0 Å². The van der Waals surface area contributed by atoms with Gasteiger partial charge in [0.05, 0.1) is 6.10 Å². The van der Waals surface area contributed by atoms with E-state index >= 15 is 0 Å². The third-order valence-corrected chi connectivity index (χ3v) is 2.87. The highest BCUT2D eigenvalue weighted by Gasteiger charge is 2.17. The molecule has 12 heavy (non-hydrogen) atoms. The fourth-order valence-electron chi connectivity index (χ4n) is 1.35. The van der Waals surface area contributed by atoms with Gasteiger partial charge in [-0.2, -0.15) is 0 Å². The van der Waals surface area contributed by atoms with Crippen LogP contribution < -0.4 is 5.73 Å². The molecule has 1 aliphatic carbocycles. The molecule has 0 spiro atoms. The first-order valence-corrected chi connectivity index (χ1v) is 5.07. The largest absolute Gasteiger partial charge is 0.377 e. The fraction of sp³-hybridized carbons (Fsp3) is 1.00. The minimum Gasteiger partial charge on any atom is -0.377 e. The van der Waals surface area contributed by atoms with Gasteiger partial charge in [0.15, 0.2) is 0 Å². The summed E-state index contributed by atoms with van der Waals surface area (Å²) < 4.78 is 5.58. The Kier molecular flexibility index (Phi) is 4.02. The van der Waals surface area contributed by atoms with Crippen molar-refractivity contribution in [3.8, 4) is 0 Å². The molecule has 1 fully saturated rings. The molecule has 2 atom stereocenters. The maximum absolute atomic E-state index is 5.67. The van der Waals surface area contributed by atoms with Gasteiger partial charge in [-0.05, 0) is 26.2 Å². The molecule has 0 bridgehead atoms. The molecule has 1 saturated carbocycles. The van der Waals surface area contributed by atoms with E-state index in [4.69, 9.17) is 10.5 Å². The highest BCUT2D eigenvalue weighted by molar-refractivity contribution is 4.69. The molecule has 72 valence electrons. The van der Waals surface area contributed by atoms with E-state index in [0.717, 1.165) is 12.5 Å². The molecule has 0 aromatic heterocycles. The summed E-state index contributed by atoms with van der Waals surface area (Å²) in [6.07, 6.45) is 5.70. The van der Waals surface area contributed by atoms with Crippen molar-refractivity contribution in [3.05, 3.63) is 0 Å². The third kappa shape index (κ3) is 3.11. The Morgan fingerprint density at radius 1 is 1.42 bits per heavy atom. The Labute approximate surface area is 75.5 Å². The summed E-state index contributed by atoms with van der Waals surface area (Å²) in [6.45, 7) is 4.94. The topological polar surface area (TPSA) is 35.2 Å². The molecular formula is C10H21NO. The van der Waals surface area contributed by atoms with Crippen molar-refractivity contribution in [1.82, 2.24) is 0 Å². The van der Waals surface area contributed by atoms with Gasteiger partial charge in [0, 0.05) is 12.6 Å². The summed E-state index contributed by atoms with van der Waals surface area (Å²) in [7, 11) is 0. The van der Waals surface area contributed by atoms with Crippen LogP contribution in [0.3, 0.4) is 0 Å². The van der Waals surface area contributed by atoms with Crippen LogP contribution in [0.4, 0.5) is 0 Å². The average molecular weight is 171 g/mol. The van der Waals surface area contributed by atoms with E-state index in [9.17, 15) is 0 Å². The normalized spacial score (nSPS) is 23.2. The second kappa shape index (κ2) is 4.83. The van der Waals surface area contributed by atoms with Crippen LogP contribution in [0, 0.1) is 5.92 Å². The molecule has 2 heteroatoms. The van der Waals surface area contributed by atoms with E-state index in [1.54, 1.807) is 0 Å². The molecule has 0 saturated heterocycles. The predicted molar refractivity (Wildman–Crippen MR) is 51.0 cm³/mol. The van der Waals surface area contributed by atoms with E-state index < -0.39 is 0 Å². The lowest BCUT2D eigenvalue weighted by atomic mass is 9.83. The molecular weight excluding hydrogens is 150 g/mol. The van der Waals surface area contributed by atoms with Crippen LogP contribution in [0.1, 0.15) is 39.5 Å². The van der Waals surface area contributed by atoms with Crippen LogP contribution in [0.5, 0.6) is 0 Å². The van der Waals surface area contributed by atoms with Crippen LogP contribution >= 0.6 is 0 Å². The Hall–Kier alpha value is -0.0800. The monoisotopic (exact) mass is 171 g/mol. The summed E-state index contributed by atoms with van der Waals surface area (Å²) in [5, 5.41) is 0. The maximum atomic E-state index is 5.67. The van der Waals surface area contributed by atoms with Gasteiger partial charge in [0.2, 0.25) is 0 Å². The lowest BCUT2D eigenvalue weighted by Gasteiger charge is -2.26. The van der Waals surface area contributed by atoms with Gasteiger partial charge in [-0.15, -0.1) is 0 Å². The minimum absolute atomic E-state index is 0.159. The van der Waals surface area contributed by atoms with Crippen molar-refractivity contribution in [2.45, 2.75) is 51.7 Å². The highest BCUT2D eigenvalue weighted by Crippen LogP contribution is 2.29. The molecule has 2 N–H and O–H groups in total. The zero-order chi connectivity index (χ0) is 8.97. The molecule has 0 aliphatic heterocycles. The molecule has 0 aromatic rings. The Morgan fingerprint density at radius 3 is 2.50 bits per heavy atom. The average Bonchev–Trinajstić information content (AvgIpc) is 1.93. The quantitative estimate of drug-likeness (QED) is 0.686. The first-order chi connectivity index (χ1) is 5.70. The maximum Gasteiger partial charge on any atom is 0.0695 e. The summed E-state index contributed by atoms with van der Waals surface area (Å²) >= 11 is 0. The summed E-state index contributed by atoms with van der Waals surface area (Å²) in [5.74, 6) is 0.949. The number of rotatable bonds is 5.